The van der Waals surface area contributed by atoms with E-state index in [1.165, 1.54) is 308 Å². The molecule has 0 rings (SSSR count). The van der Waals surface area contributed by atoms with Crippen LogP contribution in [-0.2, 0) is 18.4 Å². The van der Waals surface area contributed by atoms with Gasteiger partial charge in [0.1, 0.15) is 13.2 Å². The number of nitrogens with one attached hydrogen (secondary N) is 1. The average molecular weight is 1240 g/mol. The first kappa shape index (κ1) is 85.2. The Balaban J connectivity index is 4.04. The summed E-state index contributed by atoms with van der Waals surface area (Å²) in [5, 5.41) is 14.0. The molecule has 0 saturated carbocycles. The first-order valence-corrected chi connectivity index (χ1v) is 39.6. The van der Waals surface area contributed by atoms with Crippen LogP contribution in [0.4, 0.5) is 0 Å². The number of quaternary nitrogens is 1. The van der Waals surface area contributed by atoms with Crippen molar-refractivity contribution in [2.75, 3.05) is 40.9 Å². The van der Waals surface area contributed by atoms with Crippen LogP contribution in [-0.4, -0.2) is 68.5 Å². The third kappa shape index (κ3) is 71.5. The molecule has 0 bridgehead atoms. The Hall–Kier alpha value is -1.80. The number of allylic oxidation sites excluding steroid dienone is 9. The number of amides is 1. The van der Waals surface area contributed by atoms with Crippen molar-refractivity contribution in [2.45, 2.75) is 392 Å². The Morgan fingerprint density at radius 1 is 0.402 bits per heavy atom. The summed E-state index contributed by atoms with van der Waals surface area (Å²) in [6.07, 6.45) is 95.2. The van der Waals surface area contributed by atoms with Gasteiger partial charge in [0.05, 0.1) is 39.9 Å². The van der Waals surface area contributed by atoms with Gasteiger partial charge in [-0.25, -0.2) is 0 Å². The fraction of sp³-hybridized carbons (Fsp3) is 0.859. The number of hydrogen-bond donors (Lipinski definition) is 2. The molecule has 0 spiro atoms. The number of rotatable bonds is 71. The molecule has 8 nitrogen and oxygen atoms in total. The minimum absolute atomic E-state index is 0.00616. The topological polar surface area (TPSA) is 108 Å². The van der Waals surface area contributed by atoms with Crippen LogP contribution in [0.25, 0.3) is 0 Å². The first-order valence-electron chi connectivity index (χ1n) is 38.2. The van der Waals surface area contributed by atoms with Gasteiger partial charge in [-0.3, -0.25) is 9.36 Å². The van der Waals surface area contributed by atoms with Crippen molar-refractivity contribution in [3.8, 4) is 0 Å². The summed E-state index contributed by atoms with van der Waals surface area (Å²) in [5.74, 6) is -0.202. The molecule has 1 amide bonds. The molecule has 0 heterocycles. The number of hydrogen-bond acceptors (Lipinski definition) is 6. The zero-order chi connectivity index (χ0) is 63.4. The minimum Gasteiger partial charge on any atom is -0.756 e. The van der Waals surface area contributed by atoms with E-state index >= 15 is 0 Å². The second kappa shape index (κ2) is 68.6. The second-order valence-corrected chi connectivity index (χ2v) is 28.8. The molecule has 0 aliphatic heterocycles. The molecular formula is C78H149N2O6P. The van der Waals surface area contributed by atoms with Crippen molar-refractivity contribution in [3.05, 3.63) is 60.8 Å². The number of aliphatic hydroxyl groups excluding tert-OH is 1. The molecule has 3 atom stereocenters. The number of carbonyl (C=O) groups excluding carboxylic acids is 1. The minimum atomic E-state index is -4.62. The monoisotopic (exact) mass is 1240 g/mol. The van der Waals surface area contributed by atoms with E-state index in [1.54, 1.807) is 6.08 Å². The smallest absolute Gasteiger partial charge is 0.268 e. The van der Waals surface area contributed by atoms with E-state index in [0.29, 0.717) is 17.4 Å². The molecule has 3 unspecified atom stereocenters. The van der Waals surface area contributed by atoms with Gasteiger partial charge >= 0.3 is 0 Å². The molecule has 0 aromatic carbocycles. The molecule has 9 heteroatoms. The van der Waals surface area contributed by atoms with Gasteiger partial charge in [-0.05, 0) is 70.6 Å². The standard InChI is InChI=1S/C78H149N2O6P/c1-6-8-10-12-14-16-18-20-22-24-26-28-30-32-34-36-38-40-42-44-46-48-50-52-54-56-58-60-62-64-66-68-70-72-78(82)79-76(75-86-87(83,84)85-74-73-80(3,4)5)77(81)71-69-67-65-63-61-59-57-55-53-51-49-47-45-43-41-39-37-35-33-31-29-27-25-23-21-19-17-15-13-11-9-7-2/h18,20,24,26,30,32,61,63,69,71,76-77,81H,6-17,19,21-23,25,27-29,31,33-60,62,64-68,70,72-75H2,1-5H3,(H-,79,82,83,84)/b20-18-,26-24-,32-30-,63-61+,71-69+. The highest BCUT2D eigenvalue weighted by Gasteiger charge is 2.23. The van der Waals surface area contributed by atoms with Crippen LogP contribution in [0.3, 0.4) is 0 Å². The van der Waals surface area contributed by atoms with E-state index < -0.39 is 26.6 Å². The van der Waals surface area contributed by atoms with Crippen molar-refractivity contribution in [1.82, 2.24) is 5.32 Å². The van der Waals surface area contributed by atoms with Crippen LogP contribution < -0.4 is 10.2 Å². The number of nitrogens with zero attached hydrogens (tertiary/aromatic N) is 1. The lowest BCUT2D eigenvalue weighted by Gasteiger charge is -2.29. The van der Waals surface area contributed by atoms with Gasteiger partial charge in [-0.2, -0.15) is 0 Å². The van der Waals surface area contributed by atoms with Gasteiger partial charge < -0.3 is 28.8 Å². The van der Waals surface area contributed by atoms with Crippen molar-refractivity contribution in [1.29, 1.82) is 0 Å². The van der Waals surface area contributed by atoms with Crippen LogP contribution in [0, 0.1) is 0 Å². The van der Waals surface area contributed by atoms with Crippen molar-refractivity contribution in [2.24, 2.45) is 0 Å². The largest absolute Gasteiger partial charge is 0.756 e. The van der Waals surface area contributed by atoms with E-state index in [2.05, 4.69) is 67.8 Å². The fourth-order valence-electron chi connectivity index (χ4n) is 11.5. The summed E-state index contributed by atoms with van der Waals surface area (Å²) in [6, 6.07) is -0.907. The summed E-state index contributed by atoms with van der Waals surface area (Å²) in [6.45, 7) is 4.67. The summed E-state index contributed by atoms with van der Waals surface area (Å²) >= 11 is 0. The van der Waals surface area contributed by atoms with E-state index in [0.717, 1.165) is 51.4 Å². The van der Waals surface area contributed by atoms with Gasteiger partial charge in [-0.1, -0.05) is 364 Å². The molecule has 0 saturated heterocycles. The molecule has 0 aromatic heterocycles. The quantitative estimate of drug-likeness (QED) is 0.0272. The third-order valence-electron chi connectivity index (χ3n) is 17.4. The van der Waals surface area contributed by atoms with E-state index in [4.69, 9.17) is 9.05 Å². The van der Waals surface area contributed by atoms with E-state index in [-0.39, 0.29) is 12.5 Å². The van der Waals surface area contributed by atoms with Gasteiger partial charge in [0.2, 0.25) is 5.91 Å². The normalized spacial score (nSPS) is 13.9. The molecule has 0 radical (unpaired) electrons. The van der Waals surface area contributed by atoms with Crippen molar-refractivity contribution in [3.63, 3.8) is 0 Å². The summed E-state index contributed by atoms with van der Waals surface area (Å²) in [5.41, 5.74) is 0. The molecule has 0 fully saturated rings. The van der Waals surface area contributed by atoms with Gasteiger partial charge in [0.15, 0.2) is 0 Å². The van der Waals surface area contributed by atoms with Crippen LogP contribution in [0.5, 0.6) is 0 Å². The first-order chi connectivity index (χ1) is 42.5. The van der Waals surface area contributed by atoms with Gasteiger partial charge in [-0.15, -0.1) is 0 Å². The Labute approximate surface area is 542 Å². The number of carbonyl (C=O) groups is 1. The van der Waals surface area contributed by atoms with Crippen molar-refractivity contribution < 1.29 is 32.9 Å². The van der Waals surface area contributed by atoms with Crippen molar-refractivity contribution >= 4 is 13.7 Å². The maximum Gasteiger partial charge on any atom is 0.268 e. The molecule has 87 heavy (non-hydrogen) atoms. The summed E-state index contributed by atoms with van der Waals surface area (Å²) in [4.78, 5) is 25.7. The highest BCUT2D eigenvalue weighted by Crippen LogP contribution is 2.38. The predicted octanol–water partition coefficient (Wildman–Crippen LogP) is 24.1. The Morgan fingerprint density at radius 2 is 0.678 bits per heavy atom. The third-order valence-corrected chi connectivity index (χ3v) is 18.4. The number of likely N-dealkylation sites (N-methyl/N-ethyl adjacent to an activating group) is 1. The lowest BCUT2D eigenvalue weighted by molar-refractivity contribution is -0.870. The molecule has 0 aliphatic carbocycles. The maximum atomic E-state index is 13.1. The molecular weight excluding hydrogens is 1090 g/mol. The Bertz CT molecular complexity index is 1600. The zero-order valence-corrected chi connectivity index (χ0v) is 59.6. The average Bonchev–Trinajstić information content (AvgIpc) is 3.71. The lowest BCUT2D eigenvalue weighted by Crippen LogP contribution is -2.45. The number of aliphatic hydroxyl groups is 1. The molecule has 512 valence electrons. The van der Waals surface area contributed by atoms with Crippen LogP contribution >= 0.6 is 7.82 Å². The van der Waals surface area contributed by atoms with E-state index in [1.807, 2.05) is 27.2 Å². The van der Waals surface area contributed by atoms with Gasteiger partial charge in [0.25, 0.3) is 7.82 Å². The highest BCUT2D eigenvalue weighted by atomic mass is 31.2. The molecule has 2 N–H and O–H groups in total. The Kier molecular flexibility index (Phi) is 67.1. The maximum absolute atomic E-state index is 13.1. The molecule has 0 aliphatic rings. The van der Waals surface area contributed by atoms with Gasteiger partial charge in [0, 0.05) is 6.42 Å². The number of phosphoric ester groups is 1. The van der Waals surface area contributed by atoms with E-state index in [9.17, 15) is 19.4 Å². The SMILES string of the molecule is CCCCCCC/C=C\C/C=C\C/C=C\CCCCCCCCCCCCCCCCCCCCC(=O)NC(COP(=O)([O-])OCC[N+](C)(C)C)C(O)/C=C/CC/C=C/CCCCCCCCCCCCCCCCCCCCCCCCCCCC. The Morgan fingerprint density at radius 3 is 1.01 bits per heavy atom. The highest BCUT2D eigenvalue weighted by molar-refractivity contribution is 7.45. The van der Waals surface area contributed by atoms with Crippen LogP contribution in [0.15, 0.2) is 60.8 Å². The lowest BCUT2D eigenvalue weighted by atomic mass is 10.0. The summed E-state index contributed by atoms with van der Waals surface area (Å²) in [7, 11) is 1.26. The summed E-state index contributed by atoms with van der Waals surface area (Å²) < 4.78 is 23.5. The molecule has 0 aromatic rings. The number of phosphoric acid groups is 1. The second-order valence-electron chi connectivity index (χ2n) is 27.4. The zero-order valence-electron chi connectivity index (χ0n) is 58.7. The number of unbranched alkanes of at least 4 members (excludes halogenated alkanes) is 50. The fourth-order valence-corrected chi connectivity index (χ4v) is 12.3. The van der Waals surface area contributed by atoms with Crippen LogP contribution in [0.2, 0.25) is 0 Å². The predicted molar refractivity (Wildman–Crippen MR) is 381 cm³/mol. The van der Waals surface area contributed by atoms with Crippen LogP contribution in [0.1, 0.15) is 380 Å².